The van der Waals surface area contributed by atoms with Gasteiger partial charge in [-0.15, -0.1) is 0 Å². The van der Waals surface area contributed by atoms with Gasteiger partial charge in [0.1, 0.15) is 12.4 Å². The molecule has 0 aliphatic carbocycles. The third kappa shape index (κ3) is 8.41. The number of benzene rings is 2. The number of halogens is 6. The average Bonchev–Trinajstić information content (AvgIpc) is 2.81. The molecular formula is C25H29F6N3O2. The molecule has 2 aromatic rings. The number of nitrogens with two attached hydrogens (primary N) is 1. The summed E-state index contributed by atoms with van der Waals surface area (Å²) >= 11 is 0. The smallest absolute Gasteiger partial charge is 0.416 e. The molecule has 11 heteroatoms. The van der Waals surface area contributed by atoms with E-state index < -0.39 is 30.1 Å². The molecule has 1 fully saturated rings. The number of rotatable bonds is 10. The van der Waals surface area contributed by atoms with E-state index in [-0.39, 0.29) is 17.5 Å². The number of amides is 1. The second kappa shape index (κ2) is 12.0. The molecule has 0 saturated carbocycles. The van der Waals surface area contributed by atoms with Gasteiger partial charge in [-0.3, -0.25) is 4.79 Å². The van der Waals surface area contributed by atoms with Gasteiger partial charge in [0, 0.05) is 39.1 Å². The molecule has 198 valence electrons. The van der Waals surface area contributed by atoms with Crippen molar-refractivity contribution in [2.24, 2.45) is 5.73 Å². The molecule has 3 rings (SSSR count). The molecule has 5 nitrogen and oxygen atoms in total. The van der Waals surface area contributed by atoms with Gasteiger partial charge in [0.25, 0.3) is 0 Å². The van der Waals surface area contributed by atoms with Crippen LogP contribution in [-0.4, -0.2) is 55.0 Å². The monoisotopic (exact) mass is 517 g/mol. The molecule has 0 atom stereocenters. The molecule has 0 bridgehead atoms. The van der Waals surface area contributed by atoms with Crippen LogP contribution >= 0.6 is 0 Å². The third-order valence-electron chi connectivity index (χ3n) is 6.07. The van der Waals surface area contributed by atoms with Crippen LogP contribution in [0.25, 0.3) is 0 Å². The van der Waals surface area contributed by atoms with Crippen molar-refractivity contribution in [1.82, 2.24) is 9.80 Å². The minimum Gasteiger partial charge on any atom is -0.489 e. The fourth-order valence-corrected chi connectivity index (χ4v) is 4.11. The van der Waals surface area contributed by atoms with Crippen LogP contribution in [-0.2, 0) is 30.2 Å². The summed E-state index contributed by atoms with van der Waals surface area (Å²) in [5.41, 5.74) is 3.06. The van der Waals surface area contributed by atoms with Gasteiger partial charge in [-0.2, -0.15) is 26.3 Å². The van der Waals surface area contributed by atoms with Gasteiger partial charge in [-0.05, 0) is 54.8 Å². The summed E-state index contributed by atoms with van der Waals surface area (Å²) in [7, 11) is 0. The van der Waals surface area contributed by atoms with Gasteiger partial charge in [0.15, 0.2) is 0 Å². The zero-order valence-electron chi connectivity index (χ0n) is 19.7. The van der Waals surface area contributed by atoms with Crippen LogP contribution in [0, 0.1) is 0 Å². The normalized spacial score (nSPS) is 15.7. The molecule has 0 spiro atoms. The number of alkyl halides is 6. The summed E-state index contributed by atoms with van der Waals surface area (Å²) in [5, 5.41) is 0. The quantitative estimate of drug-likeness (QED) is 0.463. The molecule has 0 unspecified atom stereocenters. The first-order valence-electron chi connectivity index (χ1n) is 11.6. The van der Waals surface area contributed by atoms with E-state index in [1.165, 1.54) is 0 Å². The lowest BCUT2D eigenvalue weighted by Gasteiger charge is -2.34. The number of ether oxygens (including phenoxy) is 1. The first kappa shape index (κ1) is 27.8. The lowest BCUT2D eigenvalue weighted by Crippen LogP contribution is -2.47. The van der Waals surface area contributed by atoms with E-state index in [2.05, 4.69) is 9.80 Å². The van der Waals surface area contributed by atoms with Crippen LogP contribution in [0.4, 0.5) is 26.3 Å². The van der Waals surface area contributed by atoms with E-state index in [1.807, 2.05) is 12.1 Å². The van der Waals surface area contributed by atoms with E-state index in [0.29, 0.717) is 30.7 Å². The highest BCUT2D eigenvalue weighted by Crippen LogP contribution is 2.36. The largest absolute Gasteiger partial charge is 0.489 e. The molecule has 1 aliphatic rings. The standard InChI is InChI=1S/C25H29F6N3O2/c26-24(27,28)20-14-18(15-21(16-20)25(29,30)31)17-36-22-5-2-1-4-19(22)7-9-34-12-10-33(11-13-34)8-3-6-23(32)35/h1-2,4-5,14-16H,3,6-13,17H2,(H2,32,35). The number of hydrogen-bond donors (Lipinski definition) is 1. The molecule has 1 amide bonds. The predicted octanol–water partition coefficient (Wildman–Crippen LogP) is 4.73. The van der Waals surface area contributed by atoms with Crippen molar-refractivity contribution < 1.29 is 35.9 Å². The molecule has 1 heterocycles. The Morgan fingerprint density at radius 1 is 0.861 bits per heavy atom. The summed E-state index contributed by atoms with van der Waals surface area (Å²) in [4.78, 5) is 15.4. The Balaban J connectivity index is 1.58. The summed E-state index contributed by atoms with van der Waals surface area (Å²) in [6.45, 7) is 4.57. The van der Waals surface area contributed by atoms with Gasteiger partial charge in [-0.25, -0.2) is 0 Å². The Morgan fingerprint density at radius 3 is 1.97 bits per heavy atom. The van der Waals surface area contributed by atoms with Crippen LogP contribution in [0.5, 0.6) is 5.75 Å². The van der Waals surface area contributed by atoms with Crippen LogP contribution < -0.4 is 10.5 Å². The predicted molar refractivity (Wildman–Crippen MR) is 122 cm³/mol. The highest BCUT2D eigenvalue weighted by Gasteiger charge is 2.37. The van der Waals surface area contributed by atoms with E-state index in [9.17, 15) is 31.1 Å². The number of primary amides is 1. The van der Waals surface area contributed by atoms with Gasteiger partial charge >= 0.3 is 12.4 Å². The van der Waals surface area contributed by atoms with Crippen molar-refractivity contribution in [2.75, 3.05) is 39.3 Å². The molecule has 0 radical (unpaired) electrons. The lowest BCUT2D eigenvalue weighted by atomic mass is 10.0. The fraction of sp³-hybridized carbons (Fsp3) is 0.480. The van der Waals surface area contributed by atoms with E-state index in [0.717, 1.165) is 51.3 Å². The van der Waals surface area contributed by atoms with Crippen molar-refractivity contribution in [1.29, 1.82) is 0 Å². The van der Waals surface area contributed by atoms with Crippen molar-refractivity contribution in [3.63, 3.8) is 0 Å². The second-order valence-electron chi connectivity index (χ2n) is 8.81. The van der Waals surface area contributed by atoms with Crippen molar-refractivity contribution in [3.8, 4) is 5.75 Å². The van der Waals surface area contributed by atoms with E-state index in [1.54, 1.807) is 12.1 Å². The average molecular weight is 518 g/mol. The first-order chi connectivity index (χ1) is 16.9. The van der Waals surface area contributed by atoms with Gasteiger partial charge in [0.05, 0.1) is 11.1 Å². The SMILES string of the molecule is NC(=O)CCCN1CCN(CCc2ccccc2OCc2cc(C(F)(F)F)cc(C(F)(F)F)c2)CC1. The summed E-state index contributed by atoms with van der Waals surface area (Å²) in [5.74, 6) is 0.122. The third-order valence-corrected chi connectivity index (χ3v) is 6.07. The molecule has 2 N–H and O–H groups in total. The highest BCUT2D eigenvalue weighted by molar-refractivity contribution is 5.73. The number of carbonyl (C=O) groups is 1. The lowest BCUT2D eigenvalue weighted by molar-refractivity contribution is -0.143. The maximum atomic E-state index is 13.1. The fourth-order valence-electron chi connectivity index (χ4n) is 4.11. The summed E-state index contributed by atoms with van der Waals surface area (Å²) in [6, 6.07) is 8.48. The summed E-state index contributed by atoms with van der Waals surface area (Å²) in [6.07, 6.45) is -8.08. The number of nitrogens with zero attached hydrogens (tertiary/aromatic N) is 2. The van der Waals surface area contributed by atoms with Gasteiger partial charge in [0.2, 0.25) is 5.91 Å². The van der Waals surface area contributed by atoms with Gasteiger partial charge in [-0.1, -0.05) is 18.2 Å². The zero-order valence-corrected chi connectivity index (χ0v) is 19.7. The van der Waals surface area contributed by atoms with Crippen molar-refractivity contribution >= 4 is 5.91 Å². The second-order valence-corrected chi connectivity index (χ2v) is 8.81. The minimum atomic E-state index is -4.90. The number of para-hydroxylation sites is 1. The topological polar surface area (TPSA) is 58.8 Å². The number of carbonyl (C=O) groups excluding carboxylic acids is 1. The highest BCUT2D eigenvalue weighted by atomic mass is 19.4. The molecular weight excluding hydrogens is 488 g/mol. The van der Waals surface area contributed by atoms with Crippen LogP contribution in [0.15, 0.2) is 42.5 Å². The molecule has 1 saturated heterocycles. The number of hydrogen-bond acceptors (Lipinski definition) is 4. The summed E-state index contributed by atoms with van der Waals surface area (Å²) < 4.78 is 84.4. The van der Waals surface area contributed by atoms with E-state index >= 15 is 0 Å². The van der Waals surface area contributed by atoms with Crippen LogP contribution in [0.1, 0.15) is 35.1 Å². The molecule has 36 heavy (non-hydrogen) atoms. The molecule has 0 aromatic heterocycles. The van der Waals surface area contributed by atoms with Gasteiger partial charge < -0.3 is 20.3 Å². The Morgan fingerprint density at radius 2 is 1.42 bits per heavy atom. The first-order valence-corrected chi connectivity index (χ1v) is 11.6. The Kier molecular flexibility index (Phi) is 9.24. The van der Waals surface area contributed by atoms with Crippen molar-refractivity contribution in [3.05, 3.63) is 64.7 Å². The van der Waals surface area contributed by atoms with Crippen molar-refractivity contribution in [2.45, 2.75) is 38.2 Å². The molecule has 2 aromatic carbocycles. The molecule has 1 aliphatic heterocycles. The number of piperazine rings is 1. The van der Waals surface area contributed by atoms with Crippen LogP contribution in [0.2, 0.25) is 0 Å². The Hall–Kier alpha value is -2.79. The maximum absolute atomic E-state index is 13.1. The van der Waals surface area contributed by atoms with Crippen LogP contribution in [0.3, 0.4) is 0 Å². The van der Waals surface area contributed by atoms with E-state index in [4.69, 9.17) is 10.5 Å². The Labute approximate surface area is 205 Å². The maximum Gasteiger partial charge on any atom is 0.416 e. The zero-order chi connectivity index (χ0) is 26.3. The Bertz CT molecular complexity index is 985. The minimum absolute atomic E-state index is 0.106.